The first-order chi connectivity index (χ1) is 17.0. The smallest absolute Gasteiger partial charge is 0.147 e. The van der Waals surface area contributed by atoms with Crippen molar-refractivity contribution in [2.45, 2.75) is 12.8 Å². The average Bonchev–Trinajstić information content (AvgIpc) is 3.58. The number of benzene rings is 4. The van der Waals surface area contributed by atoms with Gasteiger partial charge in [0.2, 0.25) is 0 Å². The number of anilines is 1. The molecule has 4 aromatic carbocycles. The number of allylic oxidation sites excluding steroid dienone is 4. The number of fused-ring (bicyclic) bond motifs is 3. The van der Waals surface area contributed by atoms with E-state index in [-0.39, 0.29) is 24.8 Å². The summed E-state index contributed by atoms with van der Waals surface area (Å²) < 4.78 is 6.31. The van der Waals surface area contributed by atoms with Gasteiger partial charge in [0.25, 0.3) is 0 Å². The fourth-order valence-corrected chi connectivity index (χ4v) is 28.3. The number of hydrogen-bond donors (Lipinski definition) is 0. The zero-order valence-corrected chi connectivity index (χ0v) is 26.9. The van der Waals surface area contributed by atoms with E-state index in [2.05, 4.69) is 141 Å². The van der Waals surface area contributed by atoms with Crippen LogP contribution in [-0.2, 0) is 23.8 Å². The Labute approximate surface area is 235 Å². The van der Waals surface area contributed by atoms with Gasteiger partial charge in [0, 0.05) is 0 Å². The van der Waals surface area contributed by atoms with Crippen LogP contribution < -0.4 is 14.7 Å². The van der Waals surface area contributed by atoms with Gasteiger partial charge in [-0.1, -0.05) is 0 Å². The van der Waals surface area contributed by atoms with E-state index in [1.807, 2.05) is 0 Å². The van der Waals surface area contributed by atoms with Crippen molar-refractivity contribution in [3.05, 3.63) is 130 Å². The van der Waals surface area contributed by atoms with Crippen LogP contribution in [0.1, 0.15) is 17.5 Å². The first kappa shape index (κ1) is 27.9. The van der Waals surface area contributed by atoms with Crippen molar-refractivity contribution in [2.75, 3.05) is 19.0 Å². The van der Waals surface area contributed by atoms with E-state index >= 15 is 0 Å². The van der Waals surface area contributed by atoms with Crippen molar-refractivity contribution in [1.29, 1.82) is 0 Å². The number of hydrogen-bond acceptors (Lipinski definition) is 1. The van der Waals surface area contributed by atoms with Crippen LogP contribution in [0.2, 0.25) is 0 Å². The summed E-state index contributed by atoms with van der Waals surface area (Å²) in [5, 5.41) is 0. The first-order valence-corrected chi connectivity index (χ1v) is 23.3. The van der Waals surface area contributed by atoms with Gasteiger partial charge in [0.15, 0.2) is 0 Å². The van der Waals surface area contributed by atoms with Crippen LogP contribution in [-0.4, -0.2) is 21.0 Å². The molecule has 0 bridgehead atoms. The second-order valence-corrected chi connectivity index (χ2v) is 31.5. The Morgan fingerprint density at radius 3 is 1.89 bits per heavy atom. The molecule has 0 aromatic heterocycles. The van der Waals surface area contributed by atoms with Gasteiger partial charge in [-0.05, 0) is 0 Å². The van der Waals surface area contributed by atoms with E-state index in [0.717, 1.165) is 12.8 Å². The van der Waals surface area contributed by atoms with Gasteiger partial charge in [0.05, 0.1) is 0 Å². The minimum absolute atomic E-state index is 0. The predicted octanol–water partition coefficient (Wildman–Crippen LogP) is 5.53. The molecule has 0 radical (unpaired) electrons. The second-order valence-electron chi connectivity index (χ2n) is 10.2. The SMILES string of the molecule is CN(C)c1cc[c]([Zr](=[SiH2])([C]2=CC=CC2)([c]2ccccc2)[c]2ccccc2)c2c1-c1ccccc1C2.Cl.Cl. The van der Waals surface area contributed by atoms with Gasteiger partial charge in [-0.3, -0.25) is 0 Å². The molecule has 5 heteroatoms. The molecule has 0 fully saturated rings. The zero-order chi connectivity index (χ0) is 24.1. The normalized spacial score (nSPS) is 13.6. The van der Waals surface area contributed by atoms with Crippen LogP contribution >= 0.6 is 24.8 Å². The summed E-state index contributed by atoms with van der Waals surface area (Å²) in [4.78, 5) is 2.29. The fraction of sp³-hybridized carbons (Fsp3) is 0.125. The standard InChI is InChI=1S/C15H14N.2C6H5.C5H5.2ClH.H2Si.Zr/c1-16(2)14-9-5-7-12-10-11-6-3-4-8-13(11)15(12)14;2*1-2-4-6-5-3-1;1-2-4-5-3-1;;;;/h3-6,8-9H,10H2,1-2H3;2*1-5H;1-3H,4H2;2*1H;1H2;. The maximum absolute atomic E-state index is 4.25. The van der Waals surface area contributed by atoms with Crippen molar-refractivity contribution in [3.8, 4) is 11.1 Å². The Kier molecular flexibility index (Phi) is 7.94. The Morgan fingerprint density at radius 1 is 0.730 bits per heavy atom. The molecule has 2 aliphatic carbocycles. The Bertz CT molecular complexity index is 1530. The van der Waals surface area contributed by atoms with Crippen LogP contribution in [0.5, 0.6) is 0 Å². The minimum Gasteiger partial charge on any atom is -0.147 e. The second kappa shape index (κ2) is 10.5. The van der Waals surface area contributed by atoms with Crippen molar-refractivity contribution < 1.29 is 17.4 Å². The van der Waals surface area contributed by atoms with Crippen LogP contribution in [0.4, 0.5) is 5.69 Å². The molecule has 37 heavy (non-hydrogen) atoms. The molecule has 2 aliphatic rings. The Morgan fingerprint density at radius 2 is 1.32 bits per heavy atom. The van der Waals surface area contributed by atoms with Crippen molar-refractivity contribution >= 4 is 47.2 Å². The quantitative estimate of drug-likeness (QED) is 0.234. The molecule has 0 saturated carbocycles. The van der Waals surface area contributed by atoms with Gasteiger partial charge in [-0.25, -0.2) is 0 Å². The molecular weight excluding hydrogens is 589 g/mol. The summed E-state index contributed by atoms with van der Waals surface area (Å²) in [6.07, 6.45) is 9.13. The molecule has 4 aromatic rings. The van der Waals surface area contributed by atoms with Gasteiger partial charge < -0.3 is 0 Å². The molecule has 6 rings (SSSR count). The summed E-state index contributed by atoms with van der Waals surface area (Å²) in [6, 6.07) is 36.9. The van der Waals surface area contributed by atoms with Gasteiger partial charge in [-0.2, -0.15) is 0 Å². The molecule has 0 heterocycles. The minimum atomic E-state index is -4.25. The summed E-state index contributed by atoms with van der Waals surface area (Å²) in [5.74, 6) is 0. The first-order valence-electron chi connectivity index (χ1n) is 12.5. The third kappa shape index (κ3) is 3.98. The maximum atomic E-state index is 2.51. The van der Waals surface area contributed by atoms with Crippen LogP contribution in [0.25, 0.3) is 11.1 Å². The summed E-state index contributed by atoms with van der Waals surface area (Å²) >= 11 is -4.25. The average molecular weight is 622 g/mol. The molecule has 0 amide bonds. The van der Waals surface area contributed by atoms with E-state index in [9.17, 15) is 0 Å². The monoisotopic (exact) mass is 619 g/mol. The number of halogens is 2. The number of nitrogens with zero attached hydrogens (tertiary/aromatic N) is 1. The molecule has 0 unspecified atom stereocenters. The van der Waals surface area contributed by atoms with Gasteiger partial charge >= 0.3 is 212 Å². The molecule has 0 aliphatic heterocycles. The van der Waals surface area contributed by atoms with Crippen LogP contribution in [0, 0.1) is 0 Å². The van der Waals surface area contributed by atoms with Crippen molar-refractivity contribution in [1.82, 2.24) is 0 Å². The third-order valence-corrected chi connectivity index (χ3v) is 34.5. The topological polar surface area (TPSA) is 3.24 Å². The molecular formula is C32H33Cl2NSiZr. The van der Waals surface area contributed by atoms with E-state index < -0.39 is 17.4 Å². The summed E-state index contributed by atoms with van der Waals surface area (Å²) in [7, 11) is 4.35. The fourth-order valence-electron chi connectivity index (χ4n) is 6.61. The number of rotatable bonds is 5. The molecule has 0 N–H and O–H groups in total. The van der Waals surface area contributed by atoms with E-state index in [0.29, 0.717) is 0 Å². The van der Waals surface area contributed by atoms with Crippen LogP contribution in [0.3, 0.4) is 0 Å². The van der Waals surface area contributed by atoms with E-state index in [4.69, 9.17) is 0 Å². The van der Waals surface area contributed by atoms with Crippen LogP contribution in [0.15, 0.2) is 119 Å². The zero-order valence-electron chi connectivity index (χ0n) is 21.4. The van der Waals surface area contributed by atoms with E-state index in [1.54, 1.807) is 12.1 Å². The molecule has 1 nitrogen and oxygen atoms in total. The van der Waals surface area contributed by atoms with Crippen molar-refractivity contribution in [3.63, 3.8) is 0 Å². The van der Waals surface area contributed by atoms with E-state index in [1.165, 1.54) is 28.9 Å². The Balaban J connectivity index is 0.00000160. The van der Waals surface area contributed by atoms with Gasteiger partial charge in [-0.15, -0.1) is 24.8 Å². The predicted molar refractivity (Wildman–Crippen MR) is 166 cm³/mol. The summed E-state index contributed by atoms with van der Waals surface area (Å²) in [6.45, 7) is 2.37. The largest absolute Gasteiger partial charge is 0.147 e. The molecule has 0 atom stereocenters. The summed E-state index contributed by atoms with van der Waals surface area (Å²) in [5.41, 5.74) is 7.15. The Hall–Kier alpha value is -2.16. The van der Waals surface area contributed by atoms with Gasteiger partial charge in [0.1, 0.15) is 0 Å². The van der Waals surface area contributed by atoms with Crippen molar-refractivity contribution in [2.24, 2.45) is 0 Å². The maximum Gasteiger partial charge on any atom is -0.147 e. The third-order valence-electron chi connectivity index (χ3n) is 8.32. The molecule has 0 spiro atoms. The molecule has 188 valence electrons. The molecule has 0 saturated heterocycles.